The summed E-state index contributed by atoms with van der Waals surface area (Å²) in [6.45, 7) is 0. The van der Waals surface area contributed by atoms with E-state index in [0.29, 0.717) is 23.1 Å². The molecule has 0 saturated carbocycles. The zero-order valence-electron chi connectivity index (χ0n) is 15.2. The Bertz CT molecular complexity index is 1140. The number of phenols is 1. The predicted molar refractivity (Wildman–Crippen MR) is 111 cm³/mol. The van der Waals surface area contributed by atoms with Crippen molar-refractivity contribution in [3.8, 4) is 23.0 Å². The van der Waals surface area contributed by atoms with E-state index in [0.717, 1.165) is 16.3 Å². The normalized spacial score (nSPS) is 11.0. The monoisotopic (exact) mass is 370 g/mol. The van der Waals surface area contributed by atoms with E-state index >= 15 is 0 Å². The zero-order chi connectivity index (χ0) is 19.3. The SMILES string of the molecule is COc1cc(N/N=C/c2c(O)ccc3ccccc23)nc(-c2ccccc2)n1. The third-order valence-corrected chi connectivity index (χ3v) is 4.26. The van der Waals surface area contributed by atoms with E-state index < -0.39 is 0 Å². The van der Waals surface area contributed by atoms with Gasteiger partial charge < -0.3 is 9.84 Å². The molecule has 2 N–H and O–H groups in total. The molecule has 0 radical (unpaired) electrons. The molecule has 4 rings (SSSR count). The summed E-state index contributed by atoms with van der Waals surface area (Å²) < 4.78 is 5.28. The molecule has 0 aliphatic carbocycles. The lowest BCUT2D eigenvalue weighted by Gasteiger charge is -2.07. The number of fused-ring (bicyclic) bond motifs is 1. The van der Waals surface area contributed by atoms with Gasteiger partial charge in [-0.05, 0) is 16.8 Å². The molecule has 28 heavy (non-hydrogen) atoms. The van der Waals surface area contributed by atoms with Crippen LogP contribution in [-0.4, -0.2) is 28.4 Å². The fourth-order valence-electron chi connectivity index (χ4n) is 2.89. The van der Waals surface area contributed by atoms with Gasteiger partial charge in [-0.1, -0.05) is 60.7 Å². The van der Waals surface area contributed by atoms with Crippen LogP contribution in [0, 0.1) is 0 Å². The minimum Gasteiger partial charge on any atom is -0.507 e. The van der Waals surface area contributed by atoms with Crippen LogP contribution in [0.5, 0.6) is 11.6 Å². The maximum Gasteiger partial charge on any atom is 0.218 e. The van der Waals surface area contributed by atoms with E-state index in [2.05, 4.69) is 20.5 Å². The number of hydrazone groups is 1. The molecule has 138 valence electrons. The molecule has 0 bridgehead atoms. The van der Waals surface area contributed by atoms with E-state index in [1.165, 1.54) is 0 Å². The fraction of sp³-hybridized carbons (Fsp3) is 0.0455. The lowest BCUT2D eigenvalue weighted by molar-refractivity contribution is 0.398. The van der Waals surface area contributed by atoms with E-state index in [4.69, 9.17) is 4.74 Å². The van der Waals surface area contributed by atoms with Gasteiger partial charge >= 0.3 is 0 Å². The van der Waals surface area contributed by atoms with Gasteiger partial charge in [0, 0.05) is 17.2 Å². The summed E-state index contributed by atoms with van der Waals surface area (Å²) in [4.78, 5) is 8.87. The third-order valence-electron chi connectivity index (χ3n) is 4.26. The highest BCUT2D eigenvalue weighted by molar-refractivity contribution is 6.02. The molecular formula is C22H18N4O2. The van der Waals surface area contributed by atoms with Gasteiger partial charge in [0.1, 0.15) is 5.75 Å². The van der Waals surface area contributed by atoms with Crippen molar-refractivity contribution in [2.75, 3.05) is 12.5 Å². The number of phenolic OH excluding ortho intramolecular Hbond substituents is 1. The topological polar surface area (TPSA) is 79.6 Å². The Morgan fingerprint density at radius 3 is 2.57 bits per heavy atom. The van der Waals surface area contributed by atoms with E-state index in [-0.39, 0.29) is 5.75 Å². The van der Waals surface area contributed by atoms with Crippen molar-refractivity contribution in [1.82, 2.24) is 9.97 Å². The Balaban J connectivity index is 1.64. The molecule has 0 fully saturated rings. The van der Waals surface area contributed by atoms with Crippen LogP contribution in [0.15, 0.2) is 77.9 Å². The molecule has 6 heteroatoms. The van der Waals surface area contributed by atoms with Crippen LogP contribution >= 0.6 is 0 Å². The number of rotatable bonds is 5. The van der Waals surface area contributed by atoms with Gasteiger partial charge in [0.15, 0.2) is 11.6 Å². The lowest BCUT2D eigenvalue weighted by atomic mass is 10.0. The molecule has 0 aliphatic rings. The first-order valence-corrected chi connectivity index (χ1v) is 8.73. The Hall–Kier alpha value is -3.93. The number of nitrogens with zero attached hydrogens (tertiary/aromatic N) is 3. The first-order chi connectivity index (χ1) is 13.7. The van der Waals surface area contributed by atoms with Crippen molar-refractivity contribution < 1.29 is 9.84 Å². The predicted octanol–water partition coefficient (Wildman–Crippen LogP) is 4.46. The van der Waals surface area contributed by atoms with Crippen LogP contribution in [0.4, 0.5) is 5.82 Å². The number of aromatic hydroxyl groups is 1. The van der Waals surface area contributed by atoms with Crippen LogP contribution in [0.3, 0.4) is 0 Å². The standard InChI is InChI=1S/C22H18N4O2/c1-28-21-13-20(24-22(25-21)16-8-3-2-4-9-16)26-23-14-18-17-10-6-5-7-15(17)11-12-19(18)27/h2-14,27H,1H3,(H,24,25,26)/b23-14+. The first-order valence-electron chi connectivity index (χ1n) is 8.73. The summed E-state index contributed by atoms with van der Waals surface area (Å²) in [6.07, 6.45) is 1.58. The summed E-state index contributed by atoms with van der Waals surface area (Å²) in [5.41, 5.74) is 4.41. The smallest absolute Gasteiger partial charge is 0.218 e. The molecule has 0 unspecified atom stereocenters. The molecule has 0 amide bonds. The number of benzene rings is 3. The van der Waals surface area contributed by atoms with Crippen LogP contribution in [0.2, 0.25) is 0 Å². The van der Waals surface area contributed by atoms with E-state index in [1.807, 2.05) is 60.7 Å². The third kappa shape index (κ3) is 3.61. The van der Waals surface area contributed by atoms with Gasteiger partial charge in [0.2, 0.25) is 5.88 Å². The molecule has 0 spiro atoms. The number of hydrogen-bond donors (Lipinski definition) is 2. The second kappa shape index (κ2) is 7.75. The highest BCUT2D eigenvalue weighted by Crippen LogP contribution is 2.26. The van der Waals surface area contributed by atoms with Crippen molar-refractivity contribution >= 4 is 22.8 Å². The van der Waals surface area contributed by atoms with E-state index in [9.17, 15) is 5.11 Å². The molecule has 0 saturated heterocycles. The zero-order valence-corrected chi connectivity index (χ0v) is 15.2. The number of hydrogen-bond acceptors (Lipinski definition) is 6. The van der Waals surface area contributed by atoms with Gasteiger partial charge in [-0.15, -0.1) is 0 Å². The summed E-state index contributed by atoms with van der Waals surface area (Å²) in [5.74, 6) is 1.61. The van der Waals surface area contributed by atoms with Crippen molar-refractivity contribution in [2.24, 2.45) is 5.10 Å². The molecule has 0 aliphatic heterocycles. The quantitative estimate of drug-likeness (QED) is 0.401. The van der Waals surface area contributed by atoms with Crippen LogP contribution < -0.4 is 10.2 Å². The molecule has 0 atom stereocenters. The van der Waals surface area contributed by atoms with Crippen molar-refractivity contribution in [3.63, 3.8) is 0 Å². The van der Waals surface area contributed by atoms with Crippen LogP contribution in [-0.2, 0) is 0 Å². The maximum absolute atomic E-state index is 10.2. The minimum atomic E-state index is 0.162. The van der Waals surface area contributed by atoms with Crippen molar-refractivity contribution in [2.45, 2.75) is 0 Å². The van der Waals surface area contributed by atoms with Gasteiger partial charge in [-0.2, -0.15) is 10.1 Å². The number of ether oxygens (including phenoxy) is 1. The fourth-order valence-corrected chi connectivity index (χ4v) is 2.89. The number of aromatic nitrogens is 2. The molecule has 1 heterocycles. The number of nitrogens with one attached hydrogen (secondary N) is 1. The van der Waals surface area contributed by atoms with Crippen molar-refractivity contribution in [3.05, 3.63) is 78.4 Å². The Kier molecular flexibility index (Phi) is 4.84. The van der Waals surface area contributed by atoms with Crippen LogP contribution in [0.25, 0.3) is 22.2 Å². The maximum atomic E-state index is 10.2. The largest absolute Gasteiger partial charge is 0.507 e. The highest BCUT2D eigenvalue weighted by Gasteiger charge is 2.07. The average Bonchev–Trinajstić information content (AvgIpc) is 2.75. The molecular weight excluding hydrogens is 352 g/mol. The lowest BCUT2D eigenvalue weighted by Crippen LogP contribution is -2.00. The van der Waals surface area contributed by atoms with Gasteiger partial charge in [0.05, 0.1) is 13.3 Å². The number of anilines is 1. The molecule has 1 aromatic heterocycles. The Morgan fingerprint density at radius 2 is 1.75 bits per heavy atom. The summed E-state index contributed by atoms with van der Waals surface area (Å²) in [6, 6.07) is 22.6. The van der Waals surface area contributed by atoms with Gasteiger partial charge in [-0.3, -0.25) is 5.43 Å². The second-order valence-corrected chi connectivity index (χ2v) is 6.07. The molecule has 4 aromatic rings. The van der Waals surface area contributed by atoms with Crippen molar-refractivity contribution in [1.29, 1.82) is 0 Å². The van der Waals surface area contributed by atoms with Crippen LogP contribution in [0.1, 0.15) is 5.56 Å². The highest BCUT2D eigenvalue weighted by atomic mass is 16.5. The summed E-state index contributed by atoms with van der Waals surface area (Å²) in [7, 11) is 1.55. The second-order valence-electron chi connectivity index (χ2n) is 6.07. The molecule has 3 aromatic carbocycles. The van der Waals surface area contributed by atoms with E-state index in [1.54, 1.807) is 25.5 Å². The number of methoxy groups -OCH3 is 1. The summed E-state index contributed by atoms with van der Waals surface area (Å²) >= 11 is 0. The Morgan fingerprint density at radius 1 is 0.964 bits per heavy atom. The average molecular weight is 370 g/mol. The molecule has 6 nitrogen and oxygen atoms in total. The van der Waals surface area contributed by atoms with Gasteiger partial charge in [0.25, 0.3) is 0 Å². The van der Waals surface area contributed by atoms with Gasteiger partial charge in [-0.25, -0.2) is 4.98 Å². The summed E-state index contributed by atoms with van der Waals surface area (Å²) in [5, 5.41) is 16.4. The Labute approximate surface area is 162 Å². The first kappa shape index (κ1) is 17.5. The minimum absolute atomic E-state index is 0.162.